The highest BCUT2D eigenvalue weighted by molar-refractivity contribution is 7.10. The van der Waals surface area contributed by atoms with E-state index >= 15 is 0 Å². The molecule has 1 aliphatic rings. The minimum Gasteiger partial charge on any atom is -0.321 e. The van der Waals surface area contributed by atoms with Crippen LogP contribution >= 0.6 is 22.9 Å². The first-order valence-corrected chi connectivity index (χ1v) is 8.36. The molecule has 3 nitrogen and oxygen atoms in total. The normalized spacial score (nSPS) is 20.9. The number of thiophene rings is 1. The third kappa shape index (κ3) is 3.12. The molecule has 0 radical (unpaired) electrons. The molecule has 110 valence electrons. The summed E-state index contributed by atoms with van der Waals surface area (Å²) in [7, 11) is 0. The molecule has 0 saturated carbocycles. The zero-order valence-corrected chi connectivity index (χ0v) is 13.4. The molecule has 0 aliphatic carbocycles. The van der Waals surface area contributed by atoms with E-state index in [1.807, 2.05) is 29.5 Å². The number of rotatable bonds is 3. The van der Waals surface area contributed by atoms with Gasteiger partial charge in [0, 0.05) is 16.9 Å². The summed E-state index contributed by atoms with van der Waals surface area (Å²) in [6.07, 6.45) is 1.06. The van der Waals surface area contributed by atoms with Crippen molar-refractivity contribution in [3.63, 3.8) is 0 Å². The maximum atomic E-state index is 12.2. The first kappa shape index (κ1) is 14.6. The molecule has 1 aliphatic heterocycles. The summed E-state index contributed by atoms with van der Waals surface area (Å²) in [5.74, 6) is 0.0172. The average Bonchev–Trinajstić information content (AvgIpc) is 2.94. The third-order valence-electron chi connectivity index (χ3n) is 4.07. The Kier molecular flexibility index (Phi) is 4.29. The fourth-order valence-corrected chi connectivity index (χ4v) is 4.02. The number of anilines is 1. The predicted molar refractivity (Wildman–Crippen MR) is 87.2 cm³/mol. The van der Waals surface area contributed by atoms with Crippen molar-refractivity contribution in [2.24, 2.45) is 0 Å². The van der Waals surface area contributed by atoms with Crippen LogP contribution in [0.2, 0.25) is 5.02 Å². The van der Waals surface area contributed by atoms with Crippen molar-refractivity contribution in [3.05, 3.63) is 51.2 Å². The summed E-state index contributed by atoms with van der Waals surface area (Å²) in [5.41, 5.74) is 2.08. The molecule has 1 aromatic heterocycles. The fraction of sp³-hybridized carbons (Fsp3) is 0.312. The molecule has 2 N–H and O–H groups in total. The topological polar surface area (TPSA) is 33.5 Å². The number of quaternary nitrogens is 1. The van der Waals surface area contributed by atoms with Gasteiger partial charge in [0.05, 0.1) is 17.3 Å². The van der Waals surface area contributed by atoms with Crippen molar-refractivity contribution < 1.29 is 9.69 Å². The van der Waals surface area contributed by atoms with Crippen molar-refractivity contribution >= 4 is 34.5 Å². The summed E-state index contributed by atoms with van der Waals surface area (Å²) in [6, 6.07) is 9.90. The number of halogens is 1. The van der Waals surface area contributed by atoms with E-state index in [0.717, 1.165) is 13.0 Å². The molecule has 2 unspecified atom stereocenters. The monoisotopic (exact) mass is 321 g/mol. The van der Waals surface area contributed by atoms with Crippen molar-refractivity contribution in [3.8, 4) is 0 Å². The summed E-state index contributed by atoms with van der Waals surface area (Å²) in [5, 5.41) is 5.63. The lowest BCUT2D eigenvalue weighted by atomic mass is 10.0. The van der Waals surface area contributed by atoms with Crippen molar-refractivity contribution in [2.75, 3.05) is 18.4 Å². The Morgan fingerprint density at radius 1 is 1.43 bits per heavy atom. The minimum atomic E-state index is 0.0172. The molecule has 1 aromatic carbocycles. The Labute approximate surface area is 133 Å². The summed E-state index contributed by atoms with van der Waals surface area (Å²) in [4.78, 5) is 15.0. The molecule has 3 rings (SSSR count). The highest BCUT2D eigenvalue weighted by atomic mass is 35.5. The van der Waals surface area contributed by atoms with Crippen molar-refractivity contribution in [1.29, 1.82) is 0 Å². The number of para-hydroxylation sites is 1. The van der Waals surface area contributed by atoms with Crippen molar-refractivity contribution in [1.82, 2.24) is 0 Å². The SMILES string of the molecule is CC1c2ccsc2CC[NH+]1CC(=O)Nc1ccccc1Cl. The van der Waals surface area contributed by atoms with Gasteiger partial charge in [-0.2, -0.15) is 0 Å². The second kappa shape index (κ2) is 6.18. The van der Waals surface area contributed by atoms with Gasteiger partial charge in [-0.25, -0.2) is 0 Å². The van der Waals surface area contributed by atoms with E-state index in [1.54, 1.807) is 6.07 Å². The quantitative estimate of drug-likeness (QED) is 0.895. The fourth-order valence-electron chi connectivity index (χ4n) is 2.85. The summed E-state index contributed by atoms with van der Waals surface area (Å²) in [6.45, 7) is 3.68. The van der Waals surface area contributed by atoms with E-state index in [-0.39, 0.29) is 5.91 Å². The zero-order chi connectivity index (χ0) is 14.8. The molecule has 1 amide bonds. The number of carbonyl (C=O) groups is 1. The minimum absolute atomic E-state index is 0.0172. The number of fused-ring (bicyclic) bond motifs is 1. The van der Waals surface area contributed by atoms with Crippen LogP contribution in [-0.4, -0.2) is 19.0 Å². The predicted octanol–water partition coefficient (Wildman–Crippen LogP) is 2.54. The molecule has 0 bridgehead atoms. The Bertz CT molecular complexity index is 655. The Morgan fingerprint density at radius 2 is 2.24 bits per heavy atom. The van der Waals surface area contributed by atoms with Gasteiger partial charge in [0.1, 0.15) is 6.04 Å². The van der Waals surface area contributed by atoms with Crippen LogP contribution in [0.3, 0.4) is 0 Å². The van der Waals surface area contributed by atoms with E-state index in [1.165, 1.54) is 15.3 Å². The number of amides is 1. The lowest BCUT2D eigenvalue weighted by Crippen LogP contribution is -3.14. The van der Waals surface area contributed by atoms with E-state index in [9.17, 15) is 4.79 Å². The van der Waals surface area contributed by atoms with E-state index in [0.29, 0.717) is 23.3 Å². The molecular weight excluding hydrogens is 304 g/mol. The maximum Gasteiger partial charge on any atom is 0.279 e. The van der Waals surface area contributed by atoms with Gasteiger partial charge in [0.25, 0.3) is 5.91 Å². The van der Waals surface area contributed by atoms with Crippen LogP contribution in [-0.2, 0) is 11.2 Å². The van der Waals surface area contributed by atoms with E-state index in [2.05, 4.69) is 23.7 Å². The van der Waals surface area contributed by atoms with Gasteiger partial charge in [-0.05, 0) is 30.5 Å². The Morgan fingerprint density at radius 3 is 3.05 bits per heavy atom. The van der Waals surface area contributed by atoms with Crippen LogP contribution in [0.4, 0.5) is 5.69 Å². The Balaban J connectivity index is 1.65. The molecule has 0 spiro atoms. The van der Waals surface area contributed by atoms with Gasteiger partial charge in [0.15, 0.2) is 6.54 Å². The van der Waals surface area contributed by atoms with Crippen LogP contribution in [0, 0.1) is 0 Å². The van der Waals surface area contributed by atoms with Gasteiger partial charge < -0.3 is 10.2 Å². The molecule has 2 aromatic rings. The zero-order valence-electron chi connectivity index (χ0n) is 11.9. The third-order valence-corrected chi connectivity index (χ3v) is 5.39. The van der Waals surface area contributed by atoms with Gasteiger partial charge >= 0.3 is 0 Å². The highest BCUT2D eigenvalue weighted by Crippen LogP contribution is 2.24. The summed E-state index contributed by atoms with van der Waals surface area (Å²) < 4.78 is 0. The number of hydrogen-bond donors (Lipinski definition) is 2. The number of benzene rings is 1. The maximum absolute atomic E-state index is 12.2. The van der Waals surface area contributed by atoms with Crippen molar-refractivity contribution in [2.45, 2.75) is 19.4 Å². The molecule has 0 fully saturated rings. The number of carbonyl (C=O) groups excluding carboxylic acids is 1. The van der Waals surface area contributed by atoms with Crippen LogP contribution in [0.25, 0.3) is 0 Å². The number of nitrogens with one attached hydrogen (secondary N) is 2. The second-order valence-electron chi connectivity index (χ2n) is 5.38. The Hall–Kier alpha value is -1.36. The molecule has 21 heavy (non-hydrogen) atoms. The van der Waals surface area contributed by atoms with Gasteiger partial charge in [-0.15, -0.1) is 11.3 Å². The van der Waals surface area contributed by atoms with Crippen LogP contribution < -0.4 is 10.2 Å². The largest absolute Gasteiger partial charge is 0.321 e. The lowest BCUT2D eigenvalue weighted by Gasteiger charge is -2.29. The van der Waals surface area contributed by atoms with Crippen LogP contribution in [0.1, 0.15) is 23.4 Å². The highest BCUT2D eigenvalue weighted by Gasteiger charge is 2.29. The molecule has 5 heteroatoms. The second-order valence-corrected chi connectivity index (χ2v) is 6.79. The first-order chi connectivity index (χ1) is 10.1. The smallest absolute Gasteiger partial charge is 0.279 e. The van der Waals surface area contributed by atoms with Gasteiger partial charge in [-0.3, -0.25) is 4.79 Å². The molecule has 2 atom stereocenters. The molecular formula is C16H18ClN2OS+. The van der Waals surface area contributed by atoms with Gasteiger partial charge in [0.2, 0.25) is 0 Å². The van der Waals surface area contributed by atoms with Crippen LogP contribution in [0.5, 0.6) is 0 Å². The van der Waals surface area contributed by atoms with E-state index < -0.39 is 0 Å². The van der Waals surface area contributed by atoms with Gasteiger partial charge in [-0.1, -0.05) is 23.7 Å². The van der Waals surface area contributed by atoms with Crippen LogP contribution in [0.15, 0.2) is 35.7 Å². The molecule has 0 saturated heterocycles. The standard InChI is InChI=1S/C16H17ClN2OS/c1-11-12-7-9-21-15(12)6-8-19(11)10-16(20)18-14-5-3-2-4-13(14)17/h2-5,7,9,11H,6,8,10H2,1H3,(H,18,20)/p+1. The molecule has 2 heterocycles. The average molecular weight is 322 g/mol. The van der Waals surface area contributed by atoms with E-state index in [4.69, 9.17) is 11.6 Å². The first-order valence-electron chi connectivity index (χ1n) is 7.10. The number of hydrogen-bond acceptors (Lipinski definition) is 2. The lowest BCUT2D eigenvalue weighted by molar-refractivity contribution is -0.923. The summed E-state index contributed by atoms with van der Waals surface area (Å²) >= 11 is 7.90.